The lowest BCUT2D eigenvalue weighted by atomic mass is 9.73. The zero-order chi connectivity index (χ0) is 13.4. The Morgan fingerprint density at radius 3 is 2.42 bits per heavy atom. The first-order valence-electron chi connectivity index (χ1n) is 6.10. The molecule has 2 aliphatic carbocycles. The molecule has 1 unspecified atom stereocenters. The minimum atomic E-state index is -1.07. The van der Waals surface area contributed by atoms with Crippen LogP contribution < -0.4 is 0 Å². The van der Waals surface area contributed by atoms with Crippen LogP contribution in [0, 0.1) is 0 Å². The first-order valence-corrected chi connectivity index (χ1v) is 6.10. The fourth-order valence-corrected chi connectivity index (χ4v) is 2.57. The van der Waals surface area contributed by atoms with Crippen molar-refractivity contribution in [1.82, 2.24) is 0 Å². The number of carboxylic acids is 1. The van der Waals surface area contributed by atoms with E-state index < -0.39 is 12.4 Å². The molecule has 0 amide bonds. The van der Waals surface area contributed by atoms with Gasteiger partial charge >= 0.3 is 5.97 Å². The van der Waals surface area contributed by atoms with E-state index in [1.165, 1.54) is 0 Å². The van der Waals surface area contributed by atoms with Gasteiger partial charge in [0.2, 0.25) is 0 Å². The van der Waals surface area contributed by atoms with E-state index in [0.29, 0.717) is 0 Å². The molecule has 0 aromatic heterocycles. The first-order chi connectivity index (χ1) is 9.16. The molecule has 0 saturated heterocycles. The van der Waals surface area contributed by atoms with Gasteiger partial charge in [-0.2, -0.15) is 0 Å². The van der Waals surface area contributed by atoms with E-state index >= 15 is 0 Å². The van der Waals surface area contributed by atoms with Crippen molar-refractivity contribution in [2.45, 2.75) is 12.3 Å². The average Bonchev–Trinajstić information content (AvgIpc) is 2.38. The van der Waals surface area contributed by atoms with Crippen molar-refractivity contribution in [2.24, 2.45) is 0 Å². The molecule has 0 fully saturated rings. The van der Waals surface area contributed by atoms with Crippen LogP contribution in [0.25, 0.3) is 11.1 Å². The van der Waals surface area contributed by atoms with Gasteiger partial charge < -0.3 is 5.11 Å². The second kappa shape index (κ2) is 4.35. The normalized spacial score (nSPS) is 15.7. The summed E-state index contributed by atoms with van der Waals surface area (Å²) >= 11 is 0. The molecule has 1 atom stereocenters. The van der Waals surface area contributed by atoms with Crippen molar-refractivity contribution < 1.29 is 14.7 Å². The Hall–Kier alpha value is -2.42. The topological polar surface area (TPSA) is 54.4 Å². The molecule has 2 aliphatic rings. The summed E-state index contributed by atoms with van der Waals surface area (Å²) in [6.07, 6.45) is -0.415. The summed E-state index contributed by atoms with van der Waals surface area (Å²) in [7, 11) is 0. The highest BCUT2D eigenvalue weighted by Gasteiger charge is 2.33. The molecule has 2 aromatic rings. The predicted molar refractivity (Wildman–Crippen MR) is 71.0 cm³/mol. The first kappa shape index (κ1) is 11.7. The zero-order valence-electron chi connectivity index (χ0n) is 10.2. The molecule has 2 aromatic carbocycles. The summed E-state index contributed by atoms with van der Waals surface area (Å²) in [5.74, 6) is -1.66. The molecule has 94 valence electrons. The second-order valence-corrected chi connectivity index (χ2v) is 4.68. The van der Waals surface area contributed by atoms with Crippen LogP contribution in [0.1, 0.15) is 23.5 Å². The van der Waals surface area contributed by atoms with Gasteiger partial charge in [-0.1, -0.05) is 48.5 Å². The Kier molecular flexibility index (Phi) is 2.67. The smallest absolute Gasteiger partial charge is 0.310 e. The van der Waals surface area contributed by atoms with E-state index in [2.05, 4.69) is 0 Å². The predicted octanol–water partition coefficient (Wildman–Crippen LogP) is 2.84. The van der Waals surface area contributed by atoms with Gasteiger partial charge in [-0.3, -0.25) is 9.59 Å². The fourth-order valence-electron chi connectivity index (χ4n) is 2.57. The molecule has 0 aliphatic heterocycles. The van der Waals surface area contributed by atoms with Crippen LogP contribution in [0.5, 0.6) is 0 Å². The third kappa shape index (κ3) is 1.93. The quantitative estimate of drug-likeness (QED) is 0.851. The highest BCUT2D eigenvalue weighted by molar-refractivity contribution is 6.03. The lowest BCUT2D eigenvalue weighted by Gasteiger charge is -2.29. The van der Waals surface area contributed by atoms with E-state index in [1.807, 2.05) is 48.5 Å². The van der Waals surface area contributed by atoms with Crippen molar-refractivity contribution in [3.63, 3.8) is 0 Å². The largest absolute Gasteiger partial charge is 0.481 e. The van der Waals surface area contributed by atoms with Crippen LogP contribution in [0.15, 0.2) is 48.5 Å². The molecule has 0 saturated carbocycles. The maximum absolute atomic E-state index is 11.9. The van der Waals surface area contributed by atoms with Gasteiger partial charge in [0.15, 0.2) is 5.78 Å². The van der Waals surface area contributed by atoms with E-state index in [9.17, 15) is 9.59 Å². The lowest BCUT2D eigenvalue weighted by molar-refractivity contribution is -0.140. The summed E-state index contributed by atoms with van der Waals surface area (Å²) in [6.45, 7) is 0. The van der Waals surface area contributed by atoms with Gasteiger partial charge in [0.1, 0.15) is 6.42 Å². The summed E-state index contributed by atoms with van der Waals surface area (Å²) < 4.78 is 0. The van der Waals surface area contributed by atoms with Crippen LogP contribution in [-0.4, -0.2) is 16.9 Å². The summed E-state index contributed by atoms with van der Waals surface area (Å²) in [4.78, 5) is 22.6. The Bertz CT molecular complexity index is 655. The Labute approximate surface area is 110 Å². The van der Waals surface area contributed by atoms with Gasteiger partial charge in [-0.15, -0.1) is 0 Å². The zero-order valence-corrected chi connectivity index (χ0v) is 10.2. The Morgan fingerprint density at radius 1 is 1.05 bits per heavy atom. The molecule has 0 radical (unpaired) electrons. The Balaban J connectivity index is 1.95. The van der Waals surface area contributed by atoms with E-state index in [1.54, 1.807) is 0 Å². The van der Waals surface area contributed by atoms with E-state index in [0.717, 1.165) is 22.3 Å². The molecular formula is C16H12O3. The molecule has 4 rings (SSSR count). The number of aliphatic carboxylic acids is 1. The number of carboxylic acid groups (broad SMARTS) is 1. The van der Waals surface area contributed by atoms with Gasteiger partial charge in [-0.25, -0.2) is 0 Å². The highest BCUT2D eigenvalue weighted by Crippen LogP contribution is 2.43. The number of fused-ring (bicyclic) bond motifs is 2. The number of benzene rings is 2. The van der Waals surface area contributed by atoms with Gasteiger partial charge in [0.05, 0.1) is 5.92 Å². The minimum Gasteiger partial charge on any atom is -0.481 e. The van der Waals surface area contributed by atoms with Crippen LogP contribution in [0.3, 0.4) is 0 Å². The standard InChI is InChI=1S/C16H12O3/c17-14(9-15(18)19)16-11-6-7-12(13(16)8-11)10-4-2-1-3-5-10/h1-8,16H,9H2,(H,18,19). The summed E-state index contributed by atoms with van der Waals surface area (Å²) in [6, 6.07) is 15.7. The number of ketones is 1. The van der Waals surface area contributed by atoms with Gasteiger partial charge in [0, 0.05) is 0 Å². The lowest BCUT2D eigenvalue weighted by Crippen LogP contribution is -2.24. The number of hydrogen-bond acceptors (Lipinski definition) is 2. The molecule has 1 N–H and O–H groups in total. The third-order valence-electron chi connectivity index (χ3n) is 3.45. The van der Waals surface area contributed by atoms with Crippen molar-refractivity contribution >= 4 is 11.8 Å². The highest BCUT2D eigenvalue weighted by atomic mass is 16.4. The number of carbonyl (C=O) groups excluding carboxylic acids is 1. The molecule has 0 heterocycles. The van der Waals surface area contributed by atoms with Crippen LogP contribution >= 0.6 is 0 Å². The van der Waals surface area contributed by atoms with Crippen LogP contribution in [-0.2, 0) is 9.59 Å². The van der Waals surface area contributed by atoms with Gasteiger partial charge in [0.25, 0.3) is 0 Å². The number of Topliss-reactive ketones (excluding diaryl/α,β-unsaturated/α-hetero) is 1. The molecule has 3 heteroatoms. The maximum Gasteiger partial charge on any atom is 0.310 e. The number of rotatable bonds is 4. The van der Waals surface area contributed by atoms with Crippen molar-refractivity contribution in [3.05, 3.63) is 59.7 Å². The van der Waals surface area contributed by atoms with Crippen molar-refractivity contribution in [3.8, 4) is 11.1 Å². The maximum atomic E-state index is 11.9. The Morgan fingerprint density at radius 2 is 1.79 bits per heavy atom. The fraction of sp³-hybridized carbons (Fsp3) is 0.125. The molecular weight excluding hydrogens is 240 g/mol. The van der Waals surface area contributed by atoms with Crippen LogP contribution in [0.4, 0.5) is 0 Å². The van der Waals surface area contributed by atoms with E-state index in [-0.39, 0.29) is 11.7 Å². The molecule has 3 nitrogen and oxygen atoms in total. The third-order valence-corrected chi connectivity index (χ3v) is 3.45. The molecule has 0 spiro atoms. The van der Waals surface area contributed by atoms with Crippen LogP contribution in [0.2, 0.25) is 0 Å². The average molecular weight is 252 g/mol. The summed E-state index contributed by atoms with van der Waals surface area (Å²) in [5, 5.41) is 8.72. The number of carbonyl (C=O) groups is 2. The minimum absolute atomic E-state index is 0.238. The van der Waals surface area contributed by atoms with Crippen molar-refractivity contribution in [2.75, 3.05) is 0 Å². The summed E-state index contributed by atoms with van der Waals surface area (Å²) in [5.41, 5.74) is 3.92. The van der Waals surface area contributed by atoms with Gasteiger partial charge in [-0.05, 0) is 22.3 Å². The second-order valence-electron chi connectivity index (χ2n) is 4.68. The molecule has 19 heavy (non-hydrogen) atoms. The number of hydrogen-bond donors (Lipinski definition) is 1. The monoisotopic (exact) mass is 252 g/mol. The SMILES string of the molecule is O=C(O)CC(=O)C1c2ccc(-c3ccccc3)c1c2. The van der Waals surface area contributed by atoms with E-state index in [4.69, 9.17) is 5.11 Å². The van der Waals surface area contributed by atoms with Crippen molar-refractivity contribution in [1.29, 1.82) is 0 Å². The molecule has 2 bridgehead atoms.